The number of nitrogens with one attached hydrogen (secondary N) is 1. The number of aromatic nitrogens is 2. The largest absolute Gasteiger partial charge is 0.497 e. The fourth-order valence-corrected chi connectivity index (χ4v) is 2.32. The molecule has 3 rings (SSSR count). The predicted molar refractivity (Wildman–Crippen MR) is 89.7 cm³/mol. The first-order valence-electron chi connectivity index (χ1n) is 7.46. The number of nitrogens with zero attached hydrogens (tertiary/aromatic N) is 1. The van der Waals surface area contributed by atoms with Gasteiger partial charge in [0.25, 0.3) is 0 Å². The molecule has 1 heterocycles. The van der Waals surface area contributed by atoms with Crippen molar-refractivity contribution >= 4 is 6.08 Å². The van der Waals surface area contributed by atoms with Gasteiger partial charge in [-0.05, 0) is 54.5 Å². The highest BCUT2D eigenvalue weighted by atomic mass is 19.1. The molecule has 0 saturated heterocycles. The lowest BCUT2D eigenvalue weighted by Crippen LogP contribution is -1.90. The van der Waals surface area contributed by atoms with Gasteiger partial charge in [-0.3, -0.25) is 5.10 Å². The van der Waals surface area contributed by atoms with Crippen molar-refractivity contribution < 1.29 is 13.5 Å². The van der Waals surface area contributed by atoms with Crippen molar-refractivity contribution in [3.05, 3.63) is 77.5 Å². The van der Waals surface area contributed by atoms with Crippen molar-refractivity contribution in [2.24, 2.45) is 0 Å². The molecular weight excluding hydrogens is 310 g/mol. The van der Waals surface area contributed by atoms with Crippen LogP contribution in [0.25, 0.3) is 17.3 Å². The molecule has 3 nitrogen and oxygen atoms in total. The van der Waals surface area contributed by atoms with Crippen LogP contribution < -0.4 is 4.74 Å². The molecule has 1 aromatic heterocycles. The van der Waals surface area contributed by atoms with E-state index in [-0.39, 0.29) is 11.6 Å². The van der Waals surface area contributed by atoms with Gasteiger partial charge in [-0.2, -0.15) is 5.10 Å². The monoisotopic (exact) mass is 326 g/mol. The standard InChI is InChI=1S/C19H16F2N2O/c1-24-17-10-7-13(18(21)12-17)3-2-4-16-11-19(23-22-16)14-5-8-15(20)9-6-14/h2,4-12H,3H2,1H3,(H,22,23)/b4-2+. The van der Waals surface area contributed by atoms with E-state index in [4.69, 9.17) is 4.74 Å². The molecule has 0 fully saturated rings. The summed E-state index contributed by atoms with van der Waals surface area (Å²) in [5, 5.41) is 7.09. The second-order valence-corrected chi connectivity index (χ2v) is 5.28. The van der Waals surface area contributed by atoms with Crippen LogP contribution in [0.4, 0.5) is 8.78 Å². The number of ether oxygens (including phenoxy) is 1. The van der Waals surface area contributed by atoms with E-state index in [0.717, 1.165) is 17.0 Å². The summed E-state index contributed by atoms with van der Waals surface area (Å²) in [6.07, 6.45) is 4.15. The van der Waals surface area contributed by atoms with E-state index in [9.17, 15) is 8.78 Å². The van der Waals surface area contributed by atoms with Crippen LogP contribution in [0.2, 0.25) is 0 Å². The van der Waals surface area contributed by atoms with Crippen LogP contribution in [0.5, 0.6) is 5.75 Å². The van der Waals surface area contributed by atoms with Crippen molar-refractivity contribution in [2.75, 3.05) is 7.11 Å². The van der Waals surface area contributed by atoms with Crippen LogP contribution in [-0.4, -0.2) is 17.3 Å². The van der Waals surface area contributed by atoms with Crippen LogP contribution >= 0.6 is 0 Å². The number of aromatic amines is 1. The third kappa shape index (κ3) is 3.68. The minimum Gasteiger partial charge on any atom is -0.497 e. The molecule has 0 saturated carbocycles. The molecule has 0 unspecified atom stereocenters. The van der Waals surface area contributed by atoms with Gasteiger partial charge in [0, 0.05) is 11.6 Å². The molecule has 2 aromatic carbocycles. The van der Waals surface area contributed by atoms with E-state index in [2.05, 4.69) is 10.2 Å². The summed E-state index contributed by atoms with van der Waals surface area (Å²) in [4.78, 5) is 0. The Morgan fingerprint density at radius 3 is 2.58 bits per heavy atom. The molecule has 24 heavy (non-hydrogen) atoms. The Morgan fingerprint density at radius 1 is 1.08 bits per heavy atom. The third-order valence-electron chi connectivity index (χ3n) is 3.63. The Labute approximate surface area is 138 Å². The number of allylic oxidation sites excluding steroid dienone is 1. The molecule has 0 spiro atoms. The zero-order valence-electron chi connectivity index (χ0n) is 13.1. The van der Waals surface area contributed by atoms with Gasteiger partial charge in [0.2, 0.25) is 0 Å². The summed E-state index contributed by atoms with van der Waals surface area (Å²) in [5.41, 5.74) is 2.94. The van der Waals surface area contributed by atoms with E-state index in [0.29, 0.717) is 17.7 Å². The first kappa shape index (κ1) is 15.9. The van der Waals surface area contributed by atoms with Crippen LogP contribution in [0.15, 0.2) is 54.6 Å². The van der Waals surface area contributed by atoms with E-state index < -0.39 is 0 Å². The molecule has 5 heteroatoms. The van der Waals surface area contributed by atoms with E-state index in [1.807, 2.05) is 18.2 Å². The summed E-state index contributed by atoms with van der Waals surface area (Å²) < 4.78 is 31.8. The average Bonchev–Trinajstić information content (AvgIpc) is 3.06. The van der Waals surface area contributed by atoms with Gasteiger partial charge in [0.05, 0.1) is 18.5 Å². The fourth-order valence-electron chi connectivity index (χ4n) is 2.32. The summed E-state index contributed by atoms with van der Waals surface area (Å²) in [7, 11) is 1.51. The van der Waals surface area contributed by atoms with E-state index in [1.54, 1.807) is 24.3 Å². The van der Waals surface area contributed by atoms with Gasteiger partial charge in [0.1, 0.15) is 17.4 Å². The SMILES string of the molecule is COc1ccc(C/C=C/c2cc(-c3ccc(F)cc3)n[nH]2)c(F)c1. The molecular formula is C19H16F2N2O. The van der Waals surface area contributed by atoms with Crippen LogP contribution in [-0.2, 0) is 6.42 Å². The number of methoxy groups -OCH3 is 1. The van der Waals surface area contributed by atoms with Gasteiger partial charge in [-0.15, -0.1) is 0 Å². The second kappa shape index (κ2) is 7.08. The number of benzene rings is 2. The maximum Gasteiger partial charge on any atom is 0.130 e. The molecule has 0 amide bonds. The van der Waals surface area contributed by atoms with Gasteiger partial charge in [-0.1, -0.05) is 12.1 Å². The Kier molecular flexibility index (Phi) is 4.70. The van der Waals surface area contributed by atoms with Gasteiger partial charge in [0.15, 0.2) is 0 Å². The zero-order valence-corrected chi connectivity index (χ0v) is 13.1. The lowest BCUT2D eigenvalue weighted by molar-refractivity contribution is 0.411. The number of hydrogen-bond donors (Lipinski definition) is 1. The fraction of sp³-hybridized carbons (Fsp3) is 0.105. The number of rotatable bonds is 5. The highest BCUT2D eigenvalue weighted by Crippen LogP contribution is 2.19. The van der Waals surface area contributed by atoms with Crippen molar-refractivity contribution in [3.63, 3.8) is 0 Å². The van der Waals surface area contributed by atoms with Gasteiger partial charge < -0.3 is 4.74 Å². The van der Waals surface area contributed by atoms with Crippen molar-refractivity contribution in [3.8, 4) is 17.0 Å². The summed E-state index contributed by atoms with van der Waals surface area (Å²) >= 11 is 0. The lowest BCUT2D eigenvalue weighted by atomic mass is 10.1. The molecule has 1 N–H and O–H groups in total. The summed E-state index contributed by atoms with van der Waals surface area (Å²) in [6.45, 7) is 0. The Bertz CT molecular complexity index is 854. The molecule has 0 aliphatic heterocycles. The first-order valence-corrected chi connectivity index (χ1v) is 7.46. The topological polar surface area (TPSA) is 37.9 Å². The first-order chi connectivity index (χ1) is 11.7. The summed E-state index contributed by atoms with van der Waals surface area (Å²) in [6, 6.07) is 12.8. The highest BCUT2D eigenvalue weighted by molar-refractivity contribution is 5.62. The predicted octanol–water partition coefficient (Wildman–Crippen LogP) is 4.62. The maximum absolute atomic E-state index is 13.9. The quantitative estimate of drug-likeness (QED) is 0.743. The smallest absolute Gasteiger partial charge is 0.130 e. The van der Waals surface area contributed by atoms with E-state index in [1.165, 1.54) is 25.3 Å². The molecule has 0 radical (unpaired) electrons. The lowest BCUT2D eigenvalue weighted by Gasteiger charge is -2.02. The third-order valence-corrected chi connectivity index (χ3v) is 3.63. The molecule has 0 bridgehead atoms. The van der Waals surface area contributed by atoms with Crippen molar-refractivity contribution in [2.45, 2.75) is 6.42 Å². The molecule has 122 valence electrons. The van der Waals surface area contributed by atoms with Crippen molar-refractivity contribution in [1.29, 1.82) is 0 Å². The second-order valence-electron chi connectivity index (χ2n) is 5.28. The highest BCUT2D eigenvalue weighted by Gasteiger charge is 2.04. The van der Waals surface area contributed by atoms with E-state index >= 15 is 0 Å². The minimum absolute atomic E-state index is 0.282. The van der Waals surface area contributed by atoms with Crippen LogP contribution in [0, 0.1) is 11.6 Å². The normalized spacial score (nSPS) is 11.1. The maximum atomic E-state index is 13.9. The Balaban J connectivity index is 1.68. The Hall–Kier alpha value is -2.95. The van der Waals surface area contributed by atoms with Crippen LogP contribution in [0.1, 0.15) is 11.3 Å². The number of H-pyrrole nitrogens is 1. The number of hydrogen-bond acceptors (Lipinski definition) is 2. The van der Waals surface area contributed by atoms with Gasteiger partial charge in [-0.25, -0.2) is 8.78 Å². The molecule has 0 aliphatic carbocycles. The average molecular weight is 326 g/mol. The molecule has 0 aliphatic rings. The number of halogens is 2. The van der Waals surface area contributed by atoms with Gasteiger partial charge >= 0.3 is 0 Å². The van der Waals surface area contributed by atoms with Crippen molar-refractivity contribution in [1.82, 2.24) is 10.2 Å². The minimum atomic E-state index is -0.296. The molecule has 3 aromatic rings. The summed E-state index contributed by atoms with van der Waals surface area (Å²) in [5.74, 6) is -0.0794. The molecule has 0 atom stereocenters. The Morgan fingerprint density at radius 2 is 1.88 bits per heavy atom. The van der Waals surface area contributed by atoms with Crippen LogP contribution in [0.3, 0.4) is 0 Å². The zero-order chi connectivity index (χ0) is 16.9.